The maximum absolute atomic E-state index is 10.9. The molecular weight excluding hydrogens is 234 g/mol. The van der Waals surface area contributed by atoms with Gasteiger partial charge in [0.2, 0.25) is 11.6 Å². The summed E-state index contributed by atoms with van der Waals surface area (Å²) in [6.45, 7) is 6.23. The smallest absolute Gasteiger partial charge is 0.362 e. The van der Waals surface area contributed by atoms with E-state index in [0.717, 1.165) is 12.8 Å². The summed E-state index contributed by atoms with van der Waals surface area (Å²) < 4.78 is 1.67. The van der Waals surface area contributed by atoms with E-state index in [0.29, 0.717) is 18.2 Å². The van der Waals surface area contributed by atoms with E-state index in [1.807, 2.05) is 13.8 Å². The van der Waals surface area contributed by atoms with Crippen LogP contribution in [0.4, 0.5) is 11.6 Å². The first-order valence-electron chi connectivity index (χ1n) is 6.05. The molecule has 7 heteroatoms. The van der Waals surface area contributed by atoms with Gasteiger partial charge in [-0.3, -0.25) is 4.57 Å². The SMILES string of the molecule is CCC(N)(CC)CNc1c([N+](=O)[O-])nc(C)n1C. The monoisotopic (exact) mass is 255 g/mol. The maximum Gasteiger partial charge on any atom is 0.406 e. The molecule has 0 radical (unpaired) electrons. The van der Waals surface area contributed by atoms with Crippen molar-refractivity contribution in [3.8, 4) is 0 Å². The Bertz CT molecular complexity index is 437. The minimum Gasteiger partial charge on any atom is -0.362 e. The number of hydrogen-bond donors (Lipinski definition) is 2. The summed E-state index contributed by atoms with van der Waals surface area (Å²) >= 11 is 0. The molecule has 0 aliphatic carbocycles. The highest BCUT2D eigenvalue weighted by Gasteiger charge is 2.26. The minimum absolute atomic E-state index is 0.149. The van der Waals surface area contributed by atoms with Gasteiger partial charge in [0.1, 0.15) is 0 Å². The first kappa shape index (κ1) is 14.4. The minimum atomic E-state index is -0.481. The largest absolute Gasteiger partial charge is 0.406 e. The Morgan fingerprint density at radius 1 is 1.50 bits per heavy atom. The fraction of sp³-hybridized carbons (Fsp3) is 0.727. The number of nitrogens with zero attached hydrogens (tertiary/aromatic N) is 3. The fourth-order valence-electron chi connectivity index (χ4n) is 1.68. The van der Waals surface area contributed by atoms with Crippen molar-refractivity contribution < 1.29 is 4.92 Å². The van der Waals surface area contributed by atoms with Gasteiger partial charge < -0.3 is 21.2 Å². The quantitative estimate of drug-likeness (QED) is 0.593. The first-order chi connectivity index (χ1) is 8.34. The molecule has 0 saturated heterocycles. The molecule has 0 saturated carbocycles. The molecule has 102 valence electrons. The summed E-state index contributed by atoms with van der Waals surface area (Å²) in [6, 6.07) is 0. The lowest BCUT2D eigenvalue weighted by Gasteiger charge is -2.27. The van der Waals surface area contributed by atoms with Gasteiger partial charge in [-0.25, -0.2) is 0 Å². The summed E-state index contributed by atoms with van der Waals surface area (Å²) in [5, 5.41) is 14.0. The number of hydrogen-bond acceptors (Lipinski definition) is 5. The second-order valence-electron chi connectivity index (χ2n) is 4.57. The summed E-state index contributed by atoms with van der Waals surface area (Å²) in [5.74, 6) is 0.860. The van der Waals surface area contributed by atoms with E-state index in [4.69, 9.17) is 5.73 Å². The van der Waals surface area contributed by atoms with Crippen molar-refractivity contribution in [1.29, 1.82) is 0 Å². The van der Waals surface area contributed by atoms with Crippen LogP contribution in [0.15, 0.2) is 0 Å². The number of nitro groups is 1. The van der Waals surface area contributed by atoms with E-state index < -0.39 is 4.92 Å². The average molecular weight is 255 g/mol. The van der Waals surface area contributed by atoms with Crippen LogP contribution in [0.5, 0.6) is 0 Å². The number of aromatic nitrogens is 2. The van der Waals surface area contributed by atoms with Crippen LogP contribution in [-0.2, 0) is 7.05 Å². The van der Waals surface area contributed by atoms with Crippen LogP contribution >= 0.6 is 0 Å². The molecule has 3 N–H and O–H groups in total. The van der Waals surface area contributed by atoms with Crippen LogP contribution < -0.4 is 11.1 Å². The molecule has 1 aromatic heterocycles. The summed E-state index contributed by atoms with van der Waals surface area (Å²) in [5.41, 5.74) is 5.81. The molecule has 0 bridgehead atoms. The van der Waals surface area contributed by atoms with Crippen molar-refractivity contribution in [1.82, 2.24) is 9.55 Å². The Morgan fingerprint density at radius 2 is 2.06 bits per heavy atom. The zero-order valence-electron chi connectivity index (χ0n) is 11.4. The fourth-order valence-corrected chi connectivity index (χ4v) is 1.68. The molecule has 0 amide bonds. The third-order valence-corrected chi connectivity index (χ3v) is 3.49. The third-order valence-electron chi connectivity index (χ3n) is 3.49. The van der Waals surface area contributed by atoms with Crippen molar-refractivity contribution in [2.45, 2.75) is 39.2 Å². The molecule has 7 nitrogen and oxygen atoms in total. The molecule has 0 aliphatic rings. The van der Waals surface area contributed by atoms with Gasteiger partial charge in [0.15, 0.2) is 0 Å². The van der Waals surface area contributed by atoms with Crippen LogP contribution in [0.1, 0.15) is 32.5 Å². The predicted octanol–water partition coefficient (Wildman–Crippen LogP) is 1.57. The van der Waals surface area contributed by atoms with E-state index in [-0.39, 0.29) is 11.4 Å². The lowest BCUT2D eigenvalue weighted by atomic mass is 9.94. The summed E-state index contributed by atoms with van der Waals surface area (Å²) in [7, 11) is 1.74. The van der Waals surface area contributed by atoms with Crippen LogP contribution in [0.25, 0.3) is 0 Å². The van der Waals surface area contributed by atoms with Gasteiger partial charge in [-0.2, -0.15) is 0 Å². The van der Waals surface area contributed by atoms with E-state index in [1.165, 1.54) is 0 Å². The highest BCUT2D eigenvalue weighted by molar-refractivity contribution is 5.53. The standard InChI is InChI=1S/C11H21N5O2/c1-5-11(12,6-2)7-13-9-10(16(17)18)14-8(3)15(9)4/h13H,5-7,12H2,1-4H3. The van der Waals surface area contributed by atoms with Gasteiger partial charge in [0.05, 0.1) is 0 Å². The molecule has 0 spiro atoms. The second kappa shape index (κ2) is 5.34. The van der Waals surface area contributed by atoms with Gasteiger partial charge in [-0.1, -0.05) is 13.8 Å². The van der Waals surface area contributed by atoms with Gasteiger partial charge in [-0.15, -0.1) is 0 Å². The van der Waals surface area contributed by atoms with E-state index in [1.54, 1.807) is 18.5 Å². The maximum atomic E-state index is 10.9. The third kappa shape index (κ3) is 2.79. The van der Waals surface area contributed by atoms with E-state index in [2.05, 4.69) is 10.3 Å². The number of nitrogens with two attached hydrogens (primary N) is 1. The van der Waals surface area contributed by atoms with Crippen LogP contribution in [0.3, 0.4) is 0 Å². The van der Waals surface area contributed by atoms with Crippen molar-refractivity contribution in [2.75, 3.05) is 11.9 Å². The number of nitrogens with one attached hydrogen (secondary N) is 1. The molecule has 18 heavy (non-hydrogen) atoms. The van der Waals surface area contributed by atoms with Crippen molar-refractivity contribution in [3.63, 3.8) is 0 Å². The van der Waals surface area contributed by atoms with Gasteiger partial charge in [0.25, 0.3) is 0 Å². The normalized spacial score (nSPS) is 11.6. The Kier molecular flexibility index (Phi) is 4.28. The van der Waals surface area contributed by atoms with Gasteiger partial charge >= 0.3 is 5.82 Å². The highest BCUT2D eigenvalue weighted by Crippen LogP contribution is 2.24. The van der Waals surface area contributed by atoms with Gasteiger partial charge in [0, 0.05) is 26.1 Å². The van der Waals surface area contributed by atoms with Crippen LogP contribution in [-0.4, -0.2) is 26.6 Å². The zero-order chi connectivity index (χ0) is 13.9. The van der Waals surface area contributed by atoms with Gasteiger partial charge in [-0.05, 0) is 22.7 Å². The van der Waals surface area contributed by atoms with Crippen LogP contribution in [0, 0.1) is 17.0 Å². The Labute approximate surface area is 107 Å². The van der Waals surface area contributed by atoms with Crippen molar-refractivity contribution in [2.24, 2.45) is 12.8 Å². The highest BCUT2D eigenvalue weighted by atomic mass is 16.6. The average Bonchev–Trinajstić information content (AvgIpc) is 2.63. The number of aryl methyl sites for hydroxylation is 1. The molecule has 0 atom stereocenters. The molecule has 1 rings (SSSR count). The Morgan fingerprint density at radius 3 is 2.50 bits per heavy atom. The number of rotatable bonds is 6. The van der Waals surface area contributed by atoms with E-state index >= 15 is 0 Å². The first-order valence-corrected chi connectivity index (χ1v) is 6.05. The molecule has 1 aromatic rings. The molecule has 0 aromatic carbocycles. The topological polar surface area (TPSA) is 99.0 Å². The van der Waals surface area contributed by atoms with E-state index in [9.17, 15) is 10.1 Å². The number of anilines is 1. The van der Waals surface area contributed by atoms with Crippen molar-refractivity contribution in [3.05, 3.63) is 15.9 Å². The molecule has 0 unspecified atom stereocenters. The van der Waals surface area contributed by atoms with Crippen LogP contribution in [0.2, 0.25) is 0 Å². The molecule has 0 aliphatic heterocycles. The lowest BCUT2D eigenvalue weighted by molar-refractivity contribution is -0.388. The van der Waals surface area contributed by atoms with Crippen molar-refractivity contribution >= 4 is 11.6 Å². The number of imidazole rings is 1. The Balaban J connectivity index is 2.94. The lowest BCUT2D eigenvalue weighted by Crippen LogP contribution is -2.45. The predicted molar refractivity (Wildman–Crippen MR) is 70.6 cm³/mol. The summed E-state index contributed by atoms with van der Waals surface area (Å²) in [6.07, 6.45) is 1.61. The Hall–Kier alpha value is -1.63. The second-order valence-corrected chi connectivity index (χ2v) is 4.57. The summed E-state index contributed by atoms with van der Waals surface area (Å²) in [4.78, 5) is 14.4. The molecule has 1 heterocycles. The molecular formula is C11H21N5O2. The zero-order valence-corrected chi connectivity index (χ0v) is 11.4. The molecule has 0 fully saturated rings.